The molecule has 6 heteroatoms. The fraction of sp³-hybridized carbons (Fsp3) is 0.538. The van der Waals surface area contributed by atoms with Crippen LogP contribution in [0.2, 0.25) is 0 Å². The van der Waals surface area contributed by atoms with Crippen molar-refractivity contribution in [3.8, 4) is 0 Å². The number of halogens is 1. The lowest BCUT2D eigenvalue weighted by molar-refractivity contribution is 0.335. The van der Waals surface area contributed by atoms with Crippen molar-refractivity contribution < 1.29 is 12.8 Å². The predicted octanol–water partition coefficient (Wildman–Crippen LogP) is 1.20. The highest BCUT2D eigenvalue weighted by Crippen LogP contribution is 2.36. The van der Waals surface area contributed by atoms with E-state index < -0.39 is 15.8 Å². The molecular weight excluding hydrogens is 267 g/mol. The van der Waals surface area contributed by atoms with E-state index in [-0.39, 0.29) is 17.0 Å². The first kappa shape index (κ1) is 13.0. The Hall–Kier alpha value is -0.980. The summed E-state index contributed by atoms with van der Waals surface area (Å²) < 4.78 is 40.2. The molecule has 0 saturated carbocycles. The van der Waals surface area contributed by atoms with Gasteiger partial charge in [-0.05, 0) is 44.0 Å². The molecule has 3 rings (SSSR count). The van der Waals surface area contributed by atoms with Crippen molar-refractivity contribution in [3.05, 3.63) is 30.1 Å². The molecule has 2 fully saturated rings. The summed E-state index contributed by atoms with van der Waals surface area (Å²) in [6.07, 6.45) is 0.867. The van der Waals surface area contributed by atoms with Gasteiger partial charge in [-0.2, -0.15) is 4.31 Å². The average Bonchev–Trinajstić information content (AvgIpc) is 2.88. The molecular formula is C13H17FN2O2S. The van der Waals surface area contributed by atoms with Crippen LogP contribution in [0.15, 0.2) is 29.2 Å². The molecule has 3 unspecified atom stereocenters. The Balaban J connectivity index is 2.00. The fourth-order valence-electron chi connectivity index (χ4n) is 3.29. The molecule has 1 aromatic carbocycles. The minimum Gasteiger partial charge on any atom is -0.315 e. The van der Waals surface area contributed by atoms with Gasteiger partial charge in [-0.25, -0.2) is 12.8 Å². The van der Waals surface area contributed by atoms with Crippen LogP contribution < -0.4 is 5.32 Å². The second-order valence-electron chi connectivity index (χ2n) is 5.36. The van der Waals surface area contributed by atoms with E-state index in [2.05, 4.69) is 5.32 Å². The van der Waals surface area contributed by atoms with Gasteiger partial charge in [0.2, 0.25) is 10.0 Å². The number of fused-ring (bicyclic) bond motifs is 1. The molecule has 19 heavy (non-hydrogen) atoms. The summed E-state index contributed by atoms with van der Waals surface area (Å²) in [5, 5.41) is 3.23. The fourth-order valence-corrected chi connectivity index (χ4v) is 5.21. The van der Waals surface area contributed by atoms with E-state index in [9.17, 15) is 12.8 Å². The highest BCUT2D eigenvalue weighted by Gasteiger charge is 2.47. The molecule has 1 N–H and O–H groups in total. The summed E-state index contributed by atoms with van der Waals surface area (Å²) in [4.78, 5) is 0.0481. The third-order valence-electron chi connectivity index (χ3n) is 4.08. The van der Waals surface area contributed by atoms with Crippen molar-refractivity contribution in [2.45, 2.75) is 30.3 Å². The van der Waals surface area contributed by atoms with Crippen LogP contribution in [-0.2, 0) is 10.0 Å². The Morgan fingerprint density at radius 1 is 1.37 bits per heavy atom. The minimum atomic E-state index is -3.61. The lowest BCUT2D eigenvalue weighted by Gasteiger charge is -2.26. The Labute approximate surface area is 112 Å². The van der Waals surface area contributed by atoms with Gasteiger partial charge in [-0.1, -0.05) is 6.07 Å². The first-order valence-electron chi connectivity index (χ1n) is 6.50. The maximum absolute atomic E-state index is 13.3. The van der Waals surface area contributed by atoms with Crippen LogP contribution in [0.1, 0.15) is 13.3 Å². The highest BCUT2D eigenvalue weighted by molar-refractivity contribution is 7.89. The van der Waals surface area contributed by atoms with Crippen molar-refractivity contribution in [2.75, 3.05) is 13.1 Å². The number of nitrogens with zero attached hydrogens (tertiary/aromatic N) is 1. The van der Waals surface area contributed by atoms with Crippen LogP contribution in [0.3, 0.4) is 0 Å². The third kappa shape index (κ3) is 2.07. The summed E-state index contributed by atoms with van der Waals surface area (Å²) in [5.41, 5.74) is 0. The summed E-state index contributed by atoms with van der Waals surface area (Å²) in [5.74, 6) is -0.146. The van der Waals surface area contributed by atoms with Gasteiger partial charge in [-0.15, -0.1) is 0 Å². The molecule has 2 aliphatic rings. The molecule has 0 aliphatic carbocycles. The molecule has 0 bridgehead atoms. The molecule has 2 heterocycles. The Bertz CT molecular complexity index is 590. The van der Waals surface area contributed by atoms with Gasteiger partial charge in [0.05, 0.1) is 4.90 Å². The predicted molar refractivity (Wildman–Crippen MR) is 69.7 cm³/mol. The summed E-state index contributed by atoms with van der Waals surface area (Å²) in [7, 11) is -3.61. The van der Waals surface area contributed by atoms with Gasteiger partial charge in [0.25, 0.3) is 0 Å². The quantitative estimate of drug-likeness (QED) is 0.887. The van der Waals surface area contributed by atoms with Gasteiger partial charge in [0.15, 0.2) is 0 Å². The van der Waals surface area contributed by atoms with E-state index in [1.165, 1.54) is 18.2 Å². The number of hydrogen-bond donors (Lipinski definition) is 1. The minimum absolute atomic E-state index is 0.00303. The van der Waals surface area contributed by atoms with E-state index in [1.54, 1.807) is 4.31 Å². The second-order valence-corrected chi connectivity index (χ2v) is 7.21. The lowest BCUT2D eigenvalue weighted by Crippen LogP contribution is -2.42. The highest BCUT2D eigenvalue weighted by atomic mass is 32.2. The molecule has 104 valence electrons. The molecule has 1 aromatic rings. The molecule has 2 aliphatic heterocycles. The van der Waals surface area contributed by atoms with Gasteiger partial charge in [0.1, 0.15) is 5.82 Å². The monoisotopic (exact) mass is 284 g/mol. The molecule has 0 spiro atoms. The normalized spacial score (nSPS) is 31.6. The zero-order valence-electron chi connectivity index (χ0n) is 10.7. The van der Waals surface area contributed by atoms with E-state index >= 15 is 0 Å². The largest absolute Gasteiger partial charge is 0.315 e. The van der Waals surface area contributed by atoms with Crippen molar-refractivity contribution >= 4 is 10.0 Å². The van der Waals surface area contributed by atoms with E-state index in [4.69, 9.17) is 0 Å². The number of hydrogen-bond acceptors (Lipinski definition) is 3. The number of rotatable bonds is 2. The zero-order chi connectivity index (χ0) is 13.6. The Kier molecular flexibility index (Phi) is 3.11. The summed E-state index contributed by atoms with van der Waals surface area (Å²) in [6, 6.07) is 5.23. The first-order valence-corrected chi connectivity index (χ1v) is 7.94. The van der Waals surface area contributed by atoms with Gasteiger partial charge in [0, 0.05) is 18.6 Å². The van der Waals surface area contributed by atoms with Crippen molar-refractivity contribution in [1.82, 2.24) is 9.62 Å². The van der Waals surface area contributed by atoms with Crippen molar-refractivity contribution in [2.24, 2.45) is 5.92 Å². The first-order chi connectivity index (χ1) is 9.00. The van der Waals surface area contributed by atoms with Crippen molar-refractivity contribution in [3.63, 3.8) is 0 Å². The van der Waals surface area contributed by atoms with Crippen LogP contribution in [0.5, 0.6) is 0 Å². The van der Waals surface area contributed by atoms with E-state index in [0.29, 0.717) is 12.5 Å². The molecule has 2 saturated heterocycles. The van der Waals surface area contributed by atoms with Crippen LogP contribution in [-0.4, -0.2) is 37.9 Å². The topological polar surface area (TPSA) is 49.4 Å². The number of sulfonamides is 1. The van der Waals surface area contributed by atoms with Crippen LogP contribution in [0.25, 0.3) is 0 Å². The second kappa shape index (κ2) is 4.54. The summed E-state index contributed by atoms with van der Waals surface area (Å²) in [6.45, 7) is 3.48. The van der Waals surface area contributed by atoms with Gasteiger partial charge >= 0.3 is 0 Å². The molecule has 3 atom stereocenters. The van der Waals surface area contributed by atoms with Crippen LogP contribution in [0, 0.1) is 11.7 Å². The molecule has 0 amide bonds. The van der Waals surface area contributed by atoms with Gasteiger partial charge < -0.3 is 5.32 Å². The third-order valence-corrected chi connectivity index (χ3v) is 6.12. The van der Waals surface area contributed by atoms with Crippen molar-refractivity contribution in [1.29, 1.82) is 0 Å². The zero-order valence-corrected chi connectivity index (χ0v) is 11.5. The van der Waals surface area contributed by atoms with Crippen LogP contribution in [0.4, 0.5) is 4.39 Å². The summed E-state index contributed by atoms with van der Waals surface area (Å²) >= 11 is 0. The Morgan fingerprint density at radius 3 is 2.89 bits per heavy atom. The molecule has 0 aromatic heterocycles. The van der Waals surface area contributed by atoms with E-state index in [0.717, 1.165) is 19.0 Å². The standard InChI is InChI=1S/C13H17FN2O2S/c1-9-5-10-7-15-8-13(10)16(9)19(17,18)12-4-2-3-11(14)6-12/h2-4,6,9-10,13,15H,5,7-8H2,1H3. The van der Waals surface area contributed by atoms with Gasteiger partial charge in [-0.3, -0.25) is 0 Å². The smallest absolute Gasteiger partial charge is 0.243 e. The lowest BCUT2D eigenvalue weighted by atomic mass is 10.0. The molecule has 4 nitrogen and oxygen atoms in total. The van der Waals surface area contributed by atoms with E-state index in [1.807, 2.05) is 6.92 Å². The van der Waals surface area contributed by atoms with Crippen LogP contribution >= 0.6 is 0 Å². The maximum atomic E-state index is 13.3. The SMILES string of the molecule is CC1CC2CNCC2N1S(=O)(=O)c1cccc(F)c1. The maximum Gasteiger partial charge on any atom is 0.243 e. The Morgan fingerprint density at radius 2 is 2.16 bits per heavy atom. The number of benzene rings is 1. The average molecular weight is 284 g/mol. The number of nitrogens with one attached hydrogen (secondary N) is 1. The molecule has 0 radical (unpaired) electrons.